The molecule has 0 saturated heterocycles. The minimum absolute atomic E-state index is 0.0253. The van der Waals surface area contributed by atoms with Crippen molar-refractivity contribution in [3.05, 3.63) is 59.2 Å². The van der Waals surface area contributed by atoms with E-state index in [1.165, 1.54) is 0 Å². The van der Waals surface area contributed by atoms with Gasteiger partial charge in [0.1, 0.15) is 11.9 Å². The topological polar surface area (TPSA) is 104 Å². The molecule has 2 aliphatic rings. The summed E-state index contributed by atoms with van der Waals surface area (Å²) in [6, 6.07) is 8.46. The van der Waals surface area contributed by atoms with Crippen molar-refractivity contribution in [2.75, 3.05) is 10.8 Å². The number of rotatable bonds is 6. The molecule has 1 aliphatic heterocycles. The number of alkyl halides is 3. The largest absolute Gasteiger partial charge is 0.486 e. The SMILES string of the molecule is O=C(O)CCC1CN(S(=O)(=O)c2cccc(C(F)(F)F)c2)c2cc(C=C3CCC(O)CC3)ccc2O1. The van der Waals surface area contributed by atoms with Crippen molar-refractivity contribution in [1.29, 1.82) is 0 Å². The van der Waals surface area contributed by atoms with E-state index in [1.54, 1.807) is 18.2 Å². The van der Waals surface area contributed by atoms with E-state index in [4.69, 9.17) is 9.84 Å². The molecule has 1 saturated carbocycles. The number of sulfonamides is 1. The summed E-state index contributed by atoms with van der Waals surface area (Å²) < 4.78 is 73.9. The van der Waals surface area contributed by atoms with E-state index in [0.29, 0.717) is 37.3 Å². The van der Waals surface area contributed by atoms with Crippen LogP contribution in [0.25, 0.3) is 6.08 Å². The van der Waals surface area contributed by atoms with Crippen LogP contribution in [-0.2, 0) is 21.0 Å². The zero-order valence-corrected chi connectivity index (χ0v) is 20.1. The van der Waals surface area contributed by atoms with Crippen molar-refractivity contribution in [1.82, 2.24) is 0 Å². The van der Waals surface area contributed by atoms with Gasteiger partial charge in [-0.2, -0.15) is 13.2 Å². The smallest absolute Gasteiger partial charge is 0.416 e. The van der Waals surface area contributed by atoms with Crippen molar-refractivity contribution >= 4 is 27.8 Å². The number of nitrogens with zero attached hydrogens (tertiary/aromatic N) is 1. The fraction of sp³-hybridized carbons (Fsp3) is 0.400. The van der Waals surface area contributed by atoms with Crippen LogP contribution in [0.3, 0.4) is 0 Å². The molecular formula is C25H26F3NO6S. The number of aliphatic hydroxyl groups is 1. The Labute approximate surface area is 206 Å². The summed E-state index contributed by atoms with van der Waals surface area (Å²) in [5.41, 5.74) is 0.877. The molecule has 194 valence electrons. The summed E-state index contributed by atoms with van der Waals surface area (Å²) >= 11 is 0. The Kier molecular flexibility index (Phi) is 7.33. The first-order chi connectivity index (χ1) is 16.9. The number of carbonyl (C=O) groups is 1. The maximum Gasteiger partial charge on any atom is 0.416 e. The number of anilines is 1. The quantitative estimate of drug-likeness (QED) is 0.559. The monoisotopic (exact) mass is 525 g/mol. The number of carboxylic acid groups (broad SMARTS) is 1. The molecule has 0 aromatic heterocycles. The van der Waals surface area contributed by atoms with Crippen LogP contribution >= 0.6 is 0 Å². The Bertz CT molecular complexity index is 1260. The van der Waals surface area contributed by atoms with E-state index in [-0.39, 0.29) is 36.9 Å². The molecule has 2 N–H and O–H groups in total. The van der Waals surface area contributed by atoms with Crippen LogP contribution in [0.15, 0.2) is 52.9 Å². The van der Waals surface area contributed by atoms with Crippen molar-refractivity contribution in [3.8, 4) is 5.75 Å². The van der Waals surface area contributed by atoms with E-state index in [0.717, 1.165) is 28.1 Å². The third kappa shape index (κ3) is 5.84. The minimum Gasteiger partial charge on any atom is -0.486 e. The van der Waals surface area contributed by atoms with Gasteiger partial charge in [0.15, 0.2) is 0 Å². The average molecular weight is 526 g/mol. The summed E-state index contributed by atoms with van der Waals surface area (Å²) in [5, 5.41) is 18.8. The number of carboxylic acids is 1. The summed E-state index contributed by atoms with van der Waals surface area (Å²) in [4.78, 5) is 10.5. The number of halogens is 3. The lowest BCUT2D eigenvalue weighted by atomic mass is 9.91. The highest BCUT2D eigenvalue weighted by atomic mass is 32.2. The number of aliphatic carboxylic acids is 1. The molecular weight excluding hydrogens is 499 g/mol. The highest BCUT2D eigenvalue weighted by Gasteiger charge is 2.37. The van der Waals surface area contributed by atoms with Crippen molar-refractivity contribution in [3.63, 3.8) is 0 Å². The van der Waals surface area contributed by atoms with Crippen LogP contribution in [0.2, 0.25) is 0 Å². The van der Waals surface area contributed by atoms with Gasteiger partial charge in [-0.3, -0.25) is 9.10 Å². The molecule has 1 heterocycles. The fourth-order valence-corrected chi connectivity index (χ4v) is 5.94. The van der Waals surface area contributed by atoms with Gasteiger partial charge in [0.2, 0.25) is 0 Å². The van der Waals surface area contributed by atoms with Crippen LogP contribution in [-0.4, -0.2) is 43.4 Å². The number of benzene rings is 2. The van der Waals surface area contributed by atoms with Gasteiger partial charge in [-0.1, -0.05) is 23.8 Å². The Morgan fingerprint density at radius 1 is 1.14 bits per heavy atom. The van der Waals surface area contributed by atoms with E-state index in [2.05, 4.69) is 0 Å². The highest BCUT2D eigenvalue weighted by Crippen LogP contribution is 2.40. The van der Waals surface area contributed by atoms with Crippen LogP contribution in [0, 0.1) is 0 Å². The Hall–Kier alpha value is -3.05. The van der Waals surface area contributed by atoms with Crippen molar-refractivity contribution in [2.24, 2.45) is 0 Å². The molecule has 0 bridgehead atoms. The van der Waals surface area contributed by atoms with Gasteiger partial charge >= 0.3 is 12.1 Å². The fourth-order valence-electron chi connectivity index (χ4n) is 4.39. The molecule has 0 radical (unpaired) electrons. The highest BCUT2D eigenvalue weighted by molar-refractivity contribution is 7.92. The number of hydrogen-bond donors (Lipinski definition) is 2. The molecule has 2 aromatic carbocycles. The van der Waals surface area contributed by atoms with Gasteiger partial charge in [0, 0.05) is 6.42 Å². The standard InChI is InChI=1S/C25H26F3NO6S/c26-25(27,28)18-2-1-3-21(14-18)36(33,34)29-15-20(9-11-24(31)32)35-23-10-6-17(13-22(23)29)12-16-4-7-19(30)8-5-16/h1-3,6,10,12-14,19-20,30H,4-5,7-9,11,15H2,(H,31,32). The molecule has 11 heteroatoms. The van der Waals surface area contributed by atoms with Crippen LogP contribution in [0.5, 0.6) is 5.75 Å². The van der Waals surface area contributed by atoms with Gasteiger partial charge < -0.3 is 14.9 Å². The Balaban J connectivity index is 1.74. The maximum atomic E-state index is 13.6. The molecule has 1 aliphatic carbocycles. The van der Waals surface area contributed by atoms with Gasteiger partial charge in [-0.05, 0) is 68.0 Å². The van der Waals surface area contributed by atoms with Crippen molar-refractivity contribution in [2.45, 2.75) is 61.8 Å². The lowest BCUT2D eigenvalue weighted by Gasteiger charge is -2.35. The van der Waals surface area contributed by atoms with Crippen LogP contribution in [0.4, 0.5) is 18.9 Å². The lowest BCUT2D eigenvalue weighted by Crippen LogP contribution is -2.43. The Morgan fingerprint density at radius 3 is 2.53 bits per heavy atom. The third-order valence-electron chi connectivity index (χ3n) is 6.31. The van der Waals surface area contributed by atoms with Gasteiger partial charge in [0.25, 0.3) is 10.0 Å². The number of allylic oxidation sites excluding steroid dienone is 1. The minimum atomic E-state index is -4.72. The van der Waals surface area contributed by atoms with Gasteiger partial charge in [0.05, 0.1) is 28.8 Å². The first-order valence-electron chi connectivity index (χ1n) is 11.5. The molecule has 0 amide bonds. The summed E-state index contributed by atoms with van der Waals surface area (Å²) in [6.45, 7) is -0.245. The maximum absolute atomic E-state index is 13.6. The summed E-state index contributed by atoms with van der Waals surface area (Å²) in [7, 11) is -4.43. The number of hydrogen-bond acceptors (Lipinski definition) is 5. The summed E-state index contributed by atoms with van der Waals surface area (Å²) in [5.74, 6) is -0.871. The predicted molar refractivity (Wildman–Crippen MR) is 126 cm³/mol. The zero-order valence-electron chi connectivity index (χ0n) is 19.2. The molecule has 0 spiro atoms. The van der Waals surface area contributed by atoms with E-state index in [9.17, 15) is 31.5 Å². The normalized spacial score (nSPS) is 20.4. The van der Waals surface area contributed by atoms with Gasteiger partial charge in [-0.15, -0.1) is 0 Å². The molecule has 1 unspecified atom stereocenters. The Morgan fingerprint density at radius 2 is 1.86 bits per heavy atom. The molecule has 36 heavy (non-hydrogen) atoms. The number of ether oxygens (including phenoxy) is 1. The summed E-state index contributed by atoms with van der Waals surface area (Å²) in [6.07, 6.45) is -1.47. The lowest BCUT2D eigenvalue weighted by molar-refractivity contribution is -0.138. The predicted octanol–water partition coefficient (Wildman–Crippen LogP) is 4.84. The molecule has 4 rings (SSSR count). The second-order valence-corrected chi connectivity index (χ2v) is 10.9. The van der Waals surface area contributed by atoms with Gasteiger partial charge in [-0.25, -0.2) is 8.42 Å². The molecule has 1 fully saturated rings. The van der Waals surface area contributed by atoms with Crippen LogP contribution in [0.1, 0.15) is 49.7 Å². The number of aliphatic hydroxyl groups excluding tert-OH is 1. The zero-order chi connectivity index (χ0) is 26.1. The second-order valence-electron chi connectivity index (χ2n) is 8.99. The molecule has 2 aromatic rings. The van der Waals surface area contributed by atoms with E-state index >= 15 is 0 Å². The van der Waals surface area contributed by atoms with E-state index in [1.807, 2.05) is 6.08 Å². The third-order valence-corrected chi connectivity index (χ3v) is 8.09. The second kappa shape index (κ2) is 10.1. The number of fused-ring (bicyclic) bond motifs is 1. The van der Waals surface area contributed by atoms with Crippen molar-refractivity contribution < 1.29 is 41.3 Å². The first kappa shape index (κ1) is 26.0. The van der Waals surface area contributed by atoms with Crippen LogP contribution < -0.4 is 9.04 Å². The molecule has 1 atom stereocenters. The first-order valence-corrected chi connectivity index (χ1v) is 13.0. The van der Waals surface area contributed by atoms with E-state index < -0.39 is 38.7 Å². The molecule has 7 nitrogen and oxygen atoms in total. The average Bonchev–Trinajstić information content (AvgIpc) is 2.83.